The van der Waals surface area contributed by atoms with Crippen molar-refractivity contribution in [3.63, 3.8) is 0 Å². The van der Waals surface area contributed by atoms with Crippen molar-refractivity contribution in [2.24, 2.45) is 0 Å². The molecule has 2 aromatic rings. The second kappa shape index (κ2) is 3.10. The number of amides is 1. The number of nitrogens with one attached hydrogen (secondary N) is 2. The summed E-state index contributed by atoms with van der Waals surface area (Å²) in [6, 6.07) is 0. The van der Waals surface area contributed by atoms with Gasteiger partial charge in [0.15, 0.2) is 0 Å². The third kappa shape index (κ3) is 1.56. The van der Waals surface area contributed by atoms with E-state index in [0.717, 1.165) is 0 Å². The van der Waals surface area contributed by atoms with Crippen LogP contribution in [-0.4, -0.2) is 21.3 Å². The first kappa shape index (κ1) is 7.53. The lowest BCUT2D eigenvalue weighted by molar-refractivity contribution is 0.102. The van der Waals surface area contributed by atoms with Gasteiger partial charge < -0.3 is 9.84 Å². The molecule has 0 atom stereocenters. The SMILES string of the molecule is O=C(Nc1cn[nH]c1)c1cnoc1. The van der Waals surface area contributed by atoms with Crippen LogP contribution in [0.2, 0.25) is 0 Å². The Balaban J connectivity index is 2.08. The van der Waals surface area contributed by atoms with Gasteiger partial charge in [0.1, 0.15) is 6.26 Å². The van der Waals surface area contributed by atoms with Gasteiger partial charge in [0.2, 0.25) is 0 Å². The fourth-order valence-electron chi connectivity index (χ4n) is 0.840. The lowest BCUT2D eigenvalue weighted by atomic mass is 10.3. The Morgan fingerprint density at radius 2 is 2.46 bits per heavy atom. The molecule has 6 nitrogen and oxygen atoms in total. The number of anilines is 1. The average molecular weight is 178 g/mol. The van der Waals surface area contributed by atoms with Crippen LogP contribution in [0.25, 0.3) is 0 Å². The number of carbonyl (C=O) groups is 1. The summed E-state index contributed by atoms with van der Waals surface area (Å²) >= 11 is 0. The van der Waals surface area contributed by atoms with Crippen LogP contribution in [0.4, 0.5) is 5.69 Å². The van der Waals surface area contributed by atoms with Crippen molar-refractivity contribution < 1.29 is 9.32 Å². The zero-order valence-electron chi connectivity index (χ0n) is 6.52. The Hall–Kier alpha value is -2.11. The first-order valence-corrected chi connectivity index (χ1v) is 3.56. The Kier molecular flexibility index (Phi) is 1.79. The van der Waals surface area contributed by atoms with E-state index in [1.165, 1.54) is 18.7 Å². The zero-order valence-corrected chi connectivity index (χ0v) is 6.52. The maximum absolute atomic E-state index is 11.3. The van der Waals surface area contributed by atoms with Crippen LogP contribution in [0.15, 0.2) is 29.4 Å². The number of rotatable bonds is 2. The van der Waals surface area contributed by atoms with Crippen molar-refractivity contribution in [3.8, 4) is 0 Å². The van der Waals surface area contributed by atoms with E-state index in [0.29, 0.717) is 11.3 Å². The number of hydrogen-bond acceptors (Lipinski definition) is 4. The molecule has 0 fully saturated rings. The number of H-pyrrole nitrogens is 1. The Labute approximate surface area is 72.9 Å². The van der Waals surface area contributed by atoms with E-state index in [4.69, 9.17) is 0 Å². The van der Waals surface area contributed by atoms with Gasteiger partial charge in [-0.2, -0.15) is 5.10 Å². The van der Waals surface area contributed by atoms with Gasteiger partial charge in [-0.15, -0.1) is 0 Å². The van der Waals surface area contributed by atoms with Gasteiger partial charge in [-0.1, -0.05) is 5.16 Å². The van der Waals surface area contributed by atoms with E-state index >= 15 is 0 Å². The van der Waals surface area contributed by atoms with Crippen LogP contribution < -0.4 is 5.32 Å². The van der Waals surface area contributed by atoms with Crippen molar-refractivity contribution in [3.05, 3.63) is 30.4 Å². The number of nitrogens with zero attached hydrogens (tertiary/aromatic N) is 2. The van der Waals surface area contributed by atoms with Crippen LogP contribution >= 0.6 is 0 Å². The molecular formula is C7H6N4O2. The minimum atomic E-state index is -0.275. The minimum absolute atomic E-state index is 0.275. The van der Waals surface area contributed by atoms with Crippen molar-refractivity contribution in [1.82, 2.24) is 15.4 Å². The summed E-state index contributed by atoms with van der Waals surface area (Å²) in [5.41, 5.74) is 0.979. The second-order valence-electron chi connectivity index (χ2n) is 2.35. The summed E-state index contributed by atoms with van der Waals surface area (Å²) in [4.78, 5) is 11.3. The molecule has 0 aromatic carbocycles. The quantitative estimate of drug-likeness (QED) is 0.707. The van der Waals surface area contributed by atoms with E-state index in [2.05, 4.69) is 25.2 Å². The molecule has 0 spiro atoms. The van der Waals surface area contributed by atoms with Crippen LogP contribution in [0.5, 0.6) is 0 Å². The normalized spacial score (nSPS) is 9.85. The molecule has 0 saturated heterocycles. The van der Waals surface area contributed by atoms with Gasteiger partial charge >= 0.3 is 0 Å². The predicted molar refractivity (Wildman–Crippen MR) is 43.0 cm³/mol. The molecule has 6 heteroatoms. The van der Waals surface area contributed by atoms with Gasteiger partial charge in [-0.25, -0.2) is 0 Å². The molecule has 1 amide bonds. The zero-order chi connectivity index (χ0) is 9.10. The summed E-state index contributed by atoms with van der Waals surface area (Å²) in [6.45, 7) is 0. The molecule has 0 aliphatic carbocycles. The molecule has 2 heterocycles. The minimum Gasteiger partial charge on any atom is -0.364 e. The highest BCUT2D eigenvalue weighted by Gasteiger charge is 2.07. The number of carbonyl (C=O) groups excluding carboxylic acids is 1. The lowest BCUT2D eigenvalue weighted by Crippen LogP contribution is -2.09. The van der Waals surface area contributed by atoms with E-state index < -0.39 is 0 Å². The van der Waals surface area contributed by atoms with Gasteiger partial charge in [0, 0.05) is 6.20 Å². The predicted octanol–water partition coefficient (Wildman–Crippen LogP) is 0.650. The number of hydrogen-bond donors (Lipinski definition) is 2. The summed E-state index contributed by atoms with van der Waals surface area (Å²) < 4.78 is 4.52. The summed E-state index contributed by atoms with van der Waals surface area (Å²) in [5, 5.41) is 12.3. The third-order valence-electron chi connectivity index (χ3n) is 1.45. The molecule has 0 unspecified atom stereocenters. The average Bonchev–Trinajstić information content (AvgIpc) is 2.74. The molecule has 2 N–H and O–H groups in total. The Morgan fingerprint density at radius 1 is 1.54 bits per heavy atom. The molecule has 0 aliphatic heterocycles. The van der Waals surface area contributed by atoms with E-state index in [1.54, 1.807) is 6.20 Å². The van der Waals surface area contributed by atoms with Crippen LogP contribution in [0, 0.1) is 0 Å². The van der Waals surface area contributed by atoms with Crippen molar-refractivity contribution >= 4 is 11.6 Å². The van der Waals surface area contributed by atoms with Crippen molar-refractivity contribution in [1.29, 1.82) is 0 Å². The molecule has 0 aliphatic rings. The van der Waals surface area contributed by atoms with Gasteiger partial charge in [0.05, 0.1) is 23.6 Å². The topological polar surface area (TPSA) is 83.8 Å². The lowest BCUT2D eigenvalue weighted by Gasteiger charge is -1.96. The van der Waals surface area contributed by atoms with Gasteiger partial charge in [-0.3, -0.25) is 9.89 Å². The van der Waals surface area contributed by atoms with Crippen molar-refractivity contribution in [2.75, 3.05) is 5.32 Å². The highest BCUT2D eigenvalue weighted by Crippen LogP contribution is 2.05. The summed E-state index contributed by atoms with van der Waals surface area (Å²) in [7, 11) is 0. The van der Waals surface area contributed by atoms with E-state index in [-0.39, 0.29) is 5.91 Å². The first-order chi connectivity index (χ1) is 6.36. The maximum Gasteiger partial charge on any atom is 0.260 e. The van der Waals surface area contributed by atoms with Crippen molar-refractivity contribution in [2.45, 2.75) is 0 Å². The molecule has 66 valence electrons. The number of aromatic amines is 1. The molecule has 0 saturated carbocycles. The fraction of sp³-hybridized carbons (Fsp3) is 0. The monoisotopic (exact) mass is 178 g/mol. The highest BCUT2D eigenvalue weighted by molar-refractivity contribution is 6.03. The molecule has 2 rings (SSSR count). The second-order valence-corrected chi connectivity index (χ2v) is 2.35. The Morgan fingerprint density at radius 3 is 3.08 bits per heavy atom. The Bertz CT molecular complexity index is 379. The summed E-state index contributed by atoms with van der Waals surface area (Å²) in [5.74, 6) is -0.275. The van der Waals surface area contributed by atoms with Crippen LogP contribution in [-0.2, 0) is 0 Å². The fourth-order valence-corrected chi connectivity index (χ4v) is 0.840. The standard InChI is InChI=1S/C7H6N4O2/c12-7(5-1-10-13-4-5)11-6-2-8-9-3-6/h1-4H,(H,8,9)(H,11,12). The molecule has 2 aromatic heterocycles. The molecule has 0 radical (unpaired) electrons. The largest absolute Gasteiger partial charge is 0.364 e. The number of aromatic nitrogens is 3. The highest BCUT2D eigenvalue weighted by atomic mass is 16.5. The molecule has 0 bridgehead atoms. The molecular weight excluding hydrogens is 172 g/mol. The first-order valence-electron chi connectivity index (χ1n) is 3.56. The van der Waals surface area contributed by atoms with Gasteiger partial charge in [-0.05, 0) is 0 Å². The van der Waals surface area contributed by atoms with Gasteiger partial charge in [0.25, 0.3) is 5.91 Å². The van der Waals surface area contributed by atoms with Crippen LogP contribution in [0.3, 0.4) is 0 Å². The molecule has 13 heavy (non-hydrogen) atoms. The van der Waals surface area contributed by atoms with E-state index in [9.17, 15) is 4.79 Å². The van der Waals surface area contributed by atoms with E-state index in [1.807, 2.05) is 0 Å². The smallest absolute Gasteiger partial charge is 0.260 e. The summed E-state index contributed by atoms with van der Waals surface area (Å²) in [6.07, 6.45) is 5.70. The maximum atomic E-state index is 11.3. The third-order valence-corrected chi connectivity index (χ3v) is 1.45. The van der Waals surface area contributed by atoms with Crippen LogP contribution in [0.1, 0.15) is 10.4 Å².